The summed E-state index contributed by atoms with van der Waals surface area (Å²) in [7, 11) is 1.54. The van der Waals surface area contributed by atoms with Gasteiger partial charge in [-0.1, -0.05) is 27.3 Å². The number of hydrogen-bond acceptors (Lipinski definition) is 8. The standard InChI is InChI=1S/C27H26BrIN2O6S/c1-6-36-20-10-15(9-18(29)24(20)32)11-21-25(33)31-23(17-12-16(28)7-8-19(17)35-5)22(26(34)37-13(2)3)14(4)30-27(31)38-21/h7-13,23,32H,6H2,1-5H3/b21-11-/t23-/m0/s1. The molecule has 0 unspecified atom stereocenters. The number of nitrogens with zero attached hydrogens (tertiary/aromatic N) is 2. The van der Waals surface area contributed by atoms with Gasteiger partial charge in [0.1, 0.15) is 11.8 Å². The van der Waals surface area contributed by atoms with Crippen molar-refractivity contribution in [3.05, 3.63) is 80.5 Å². The Morgan fingerprint density at radius 3 is 2.68 bits per heavy atom. The number of carbonyl (C=O) groups is 1. The largest absolute Gasteiger partial charge is 0.504 e. The lowest BCUT2D eigenvalue weighted by molar-refractivity contribution is -0.143. The van der Waals surface area contributed by atoms with E-state index in [1.165, 1.54) is 15.9 Å². The Morgan fingerprint density at radius 2 is 2.03 bits per heavy atom. The Morgan fingerprint density at radius 1 is 1.29 bits per heavy atom. The van der Waals surface area contributed by atoms with Gasteiger partial charge in [-0.3, -0.25) is 9.36 Å². The van der Waals surface area contributed by atoms with Gasteiger partial charge in [0.25, 0.3) is 5.56 Å². The van der Waals surface area contributed by atoms with Crippen LogP contribution in [0.4, 0.5) is 0 Å². The normalized spacial score (nSPS) is 15.4. The summed E-state index contributed by atoms with van der Waals surface area (Å²) in [5.74, 6) is 0.366. The number of ether oxygens (including phenoxy) is 3. The summed E-state index contributed by atoms with van der Waals surface area (Å²) in [6.07, 6.45) is 1.38. The van der Waals surface area contributed by atoms with Gasteiger partial charge < -0.3 is 19.3 Å². The number of benzene rings is 2. The summed E-state index contributed by atoms with van der Waals surface area (Å²) >= 11 is 6.75. The Kier molecular flexibility index (Phi) is 8.68. The number of esters is 1. The maximum atomic E-state index is 13.9. The maximum Gasteiger partial charge on any atom is 0.338 e. The SMILES string of the molecule is CCOc1cc(/C=c2\sc3n(c2=O)[C@@H](c2cc(Br)ccc2OC)C(C(=O)OC(C)C)=C(C)N=3)cc(I)c1O. The minimum atomic E-state index is -0.814. The molecule has 2 heterocycles. The van der Waals surface area contributed by atoms with Crippen molar-refractivity contribution in [2.45, 2.75) is 39.8 Å². The number of thiazole rings is 1. The molecule has 8 nitrogen and oxygen atoms in total. The van der Waals surface area contributed by atoms with E-state index in [2.05, 4.69) is 20.9 Å². The topological polar surface area (TPSA) is 99.4 Å². The number of allylic oxidation sites excluding steroid dienone is 1. The van der Waals surface area contributed by atoms with Gasteiger partial charge in [0.15, 0.2) is 16.3 Å². The molecule has 0 saturated carbocycles. The van der Waals surface area contributed by atoms with Crippen LogP contribution in [0.2, 0.25) is 0 Å². The van der Waals surface area contributed by atoms with Crippen molar-refractivity contribution < 1.29 is 24.1 Å². The highest BCUT2D eigenvalue weighted by Gasteiger charge is 2.35. The smallest absolute Gasteiger partial charge is 0.338 e. The summed E-state index contributed by atoms with van der Waals surface area (Å²) < 4.78 is 20.0. The lowest BCUT2D eigenvalue weighted by Gasteiger charge is -2.26. The quantitative estimate of drug-likeness (QED) is 0.283. The van der Waals surface area contributed by atoms with E-state index < -0.39 is 12.0 Å². The van der Waals surface area contributed by atoms with Crippen LogP contribution >= 0.6 is 49.9 Å². The van der Waals surface area contributed by atoms with Crippen LogP contribution in [0.5, 0.6) is 17.2 Å². The molecule has 3 aromatic rings. The summed E-state index contributed by atoms with van der Waals surface area (Å²) in [5, 5.41) is 10.3. The third-order valence-electron chi connectivity index (χ3n) is 5.72. The van der Waals surface area contributed by atoms with Crippen molar-refractivity contribution in [2.24, 2.45) is 4.99 Å². The first-order valence-electron chi connectivity index (χ1n) is 11.8. The molecule has 0 amide bonds. The monoisotopic (exact) mass is 712 g/mol. The first-order valence-corrected chi connectivity index (χ1v) is 14.5. The number of methoxy groups -OCH3 is 1. The molecule has 0 radical (unpaired) electrons. The minimum absolute atomic E-state index is 0.0525. The van der Waals surface area contributed by atoms with E-state index in [1.807, 2.05) is 41.6 Å². The van der Waals surface area contributed by atoms with Gasteiger partial charge in [-0.25, -0.2) is 9.79 Å². The zero-order valence-corrected chi connectivity index (χ0v) is 25.9. The third-order valence-corrected chi connectivity index (χ3v) is 8.02. The van der Waals surface area contributed by atoms with E-state index in [0.29, 0.717) is 47.8 Å². The molecule has 0 fully saturated rings. The van der Waals surface area contributed by atoms with Crippen LogP contribution in [0.3, 0.4) is 0 Å². The molecule has 11 heteroatoms. The molecule has 1 atom stereocenters. The third kappa shape index (κ3) is 5.55. The van der Waals surface area contributed by atoms with E-state index in [1.54, 1.807) is 52.2 Å². The number of fused-ring (bicyclic) bond motifs is 1. The Bertz CT molecular complexity index is 1630. The second-order valence-corrected chi connectivity index (χ2v) is 11.8. The lowest BCUT2D eigenvalue weighted by Crippen LogP contribution is -2.40. The van der Waals surface area contributed by atoms with Gasteiger partial charge in [-0.05, 0) is 92.3 Å². The fourth-order valence-corrected chi connectivity index (χ4v) is 6.22. The minimum Gasteiger partial charge on any atom is -0.504 e. The van der Waals surface area contributed by atoms with Crippen LogP contribution in [-0.2, 0) is 9.53 Å². The summed E-state index contributed by atoms with van der Waals surface area (Å²) in [4.78, 5) is 32.3. The zero-order chi connectivity index (χ0) is 27.7. The molecular formula is C27H26BrIN2O6S. The Balaban J connectivity index is 1.99. The molecule has 200 valence electrons. The summed E-state index contributed by atoms with van der Waals surface area (Å²) in [5.41, 5.74) is 1.73. The predicted molar refractivity (Wildman–Crippen MR) is 158 cm³/mol. The number of hydrogen-bond donors (Lipinski definition) is 1. The van der Waals surface area contributed by atoms with E-state index in [9.17, 15) is 14.7 Å². The zero-order valence-electron chi connectivity index (χ0n) is 21.4. The highest BCUT2D eigenvalue weighted by atomic mass is 127. The number of aromatic hydroxyl groups is 1. The second kappa shape index (κ2) is 11.6. The molecule has 1 N–H and O–H groups in total. The Labute approximate surface area is 245 Å². The molecule has 4 rings (SSSR count). The average molecular weight is 713 g/mol. The van der Waals surface area contributed by atoms with E-state index in [-0.39, 0.29) is 23.0 Å². The van der Waals surface area contributed by atoms with Gasteiger partial charge in [0, 0.05) is 10.0 Å². The first kappa shape index (κ1) is 28.4. The van der Waals surface area contributed by atoms with Crippen LogP contribution in [0.15, 0.2) is 55.9 Å². The molecule has 1 aliphatic heterocycles. The number of phenols is 1. The number of aromatic nitrogens is 1. The van der Waals surface area contributed by atoms with Crippen LogP contribution in [0, 0.1) is 3.57 Å². The average Bonchev–Trinajstić information content (AvgIpc) is 3.15. The van der Waals surface area contributed by atoms with Crippen molar-refractivity contribution >= 4 is 61.9 Å². The van der Waals surface area contributed by atoms with Crippen molar-refractivity contribution in [2.75, 3.05) is 13.7 Å². The predicted octanol–water partition coefficient (Wildman–Crippen LogP) is 4.67. The molecule has 1 aliphatic rings. The fourth-order valence-electron chi connectivity index (χ4n) is 4.17. The van der Waals surface area contributed by atoms with E-state index in [4.69, 9.17) is 14.2 Å². The number of phenolic OH excluding ortho intramolecular Hbond substituents is 1. The van der Waals surface area contributed by atoms with Crippen molar-refractivity contribution in [1.29, 1.82) is 0 Å². The maximum absolute atomic E-state index is 13.9. The van der Waals surface area contributed by atoms with Crippen LogP contribution < -0.4 is 24.4 Å². The van der Waals surface area contributed by atoms with E-state index in [0.717, 1.165) is 4.47 Å². The number of carbonyl (C=O) groups excluding carboxylic acids is 1. The molecule has 0 saturated heterocycles. The summed E-state index contributed by atoms with van der Waals surface area (Å²) in [6, 6.07) is 8.08. The molecule has 0 spiro atoms. The van der Waals surface area contributed by atoms with Gasteiger partial charge in [-0.15, -0.1) is 0 Å². The highest BCUT2D eigenvalue weighted by Crippen LogP contribution is 2.37. The second-order valence-electron chi connectivity index (χ2n) is 8.70. The molecule has 0 aliphatic carbocycles. The van der Waals surface area contributed by atoms with Gasteiger partial charge >= 0.3 is 5.97 Å². The van der Waals surface area contributed by atoms with Crippen LogP contribution in [0.25, 0.3) is 6.08 Å². The number of halogens is 2. The van der Waals surface area contributed by atoms with Gasteiger partial charge in [0.2, 0.25) is 0 Å². The van der Waals surface area contributed by atoms with Gasteiger partial charge in [0.05, 0.1) is 39.2 Å². The highest BCUT2D eigenvalue weighted by molar-refractivity contribution is 14.1. The van der Waals surface area contributed by atoms with Crippen LogP contribution in [0.1, 0.15) is 44.9 Å². The lowest BCUT2D eigenvalue weighted by atomic mass is 9.95. The molecule has 0 bridgehead atoms. The molecule has 2 aromatic carbocycles. The molecular weight excluding hydrogens is 687 g/mol. The first-order chi connectivity index (χ1) is 18.0. The van der Waals surface area contributed by atoms with Crippen molar-refractivity contribution in [3.8, 4) is 17.2 Å². The van der Waals surface area contributed by atoms with Gasteiger partial charge in [-0.2, -0.15) is 0 Å². The summed E-state index contributed by atoms with van der Waals surface area (Å²) in [6.45, 7) is 7.50. The number of rotatable bonds is 7. The van der Waals surface area contributed by atoms with E-state index >= 15 is 0 Å². The molecule has 38 heavy (non-hydrogen) atoms. The molecule has 1 aromatic heterocycles. The van der Waals surface area contributed by atoms with Crippen molar-refractivity contribution in [1.82, 2.24) is 4.57 Å². The fraction of sp³-hybridized carbons (Fsp3) is 0.296. The van der Waals surface area contributed by atoms with Crippen molar-refractivity contribution in [3.63, 3.8) is 0 Å². The Hall–Kier alpha value is -2.64. The van der Waals surface area contributed by atoms with Crippen LogP contribution in [-0.4, -0.2) is 35.5 Å².